The van der Waals surface area contributed by atoms with Gasteiger partial charge in [-0.2, -0.15) is 0 Å². The summed E-state index contributed by atoms with van der Waals surface area (Å²) in [7, 11) is 4.10. The molecule has 1 saturated heterocycles. The first-order valence-electron chi connectivity index (χ1n) is 7.96. The van der Waals surface area contributed by atoms with E-state index in [1.807, 2.05) is 14.1 Å². The lowest BCUT2D eigenvalue weighted by molar-refractivity contribution is 0.128. The zero-order valence-corrected chi connectivity index (χ0v) is 14.5. The maximum absolute atomic E-state index is 6.62. The van der Waals surface area contributed by atoms with Crippen LogP contribution in [0.3, 0.4) is 0 Å². The minimum Gasteiger partial charge on any atom is -0.378 e. The molecule has 1 aromatic carbocycles. The van der Waals surface area contributed by atoms with Crippen LogP contribution >= 0.6 is 11.6 Å². The summed E-state index contributed by atoms with van der Waals surface area (Å²) >= 11 is 6.62. The number of hydrogen-bond acceptors (Lipinski definition) is 3. The molecular formula is C17H28ClN3. The summed E-state index contributed by atoms with van der Waals surface area (Å²) in [5.74, 6) is 0.603. The Morgan fingerprint density at radius 1 is 1.29 bits per heavy atom. The summed E-state index contributed by atoms with van der Waals surface area (Å²) in [6, 6.07) is 6.91. The largest absolute Gasteiger partial charge is 0.378 e. The molecular weight excluding hydrogens is 282 g/mol. The van der Waals surface area contributed by atoms with E-state index in [9.17, 15) is 0 Å². The van der Waals surface area contributed by atoms with Gasteiger partial charge in [-0.25, -0.2) is 0 Å². The van der Waals surface area contributed by atoms with Crippen LogP contribution in [0.25, 0.3) is 0 Å². The predicted molar refractivity (Wildman–Crippen MR) is 92.4 cm³/mol. The minimum absolute atomic E-state index is 0.417. The highest BCUT2D eigenvalue weighted by atomic mass is 35.5. The van der Waals surface area contributed by atoms with Gasteiger partial charge in [0.15, 0.2) is 0 Å². The molecule has 2 atom stereocenters. The molecule has 1 aromatic rings. The van der Waals surface area contributed by atoms with Crippen molar-refractivity contribution in [1.82, 2.24) is 10.2 Å². The Kier molecular flexibility index (Phi) is 5.91. The highest BCUT2D eigenvalue weighted by molar-refractivity contribution is 6.31. The van der Waals surface area contributed by atoms with Crippen molar-refractivity contribution in [3.05, 3.63) is 28.8 Å². The number of piperazine rings is 1. The van der Waals surface area contributed by atoms with Crippen molar-refractivity contribution in [3.63, 3.8) is 0 Å². The number of halogens is 1. The Hall–Kier alpha value is -0.770. The highest BCUT2D eigenvalue weighted by Crippen LogP contribution is 2.36. The van der Waals surface area contributed by atoms with Crippen LogP contribution in [0.4, 0.5) is 5.69 Å². The maximum Gasteiger partial charge on any atom is 0.0474 e. The van der Waals surface area contributed by atoms with Gasteiger partial charge in [0.05, 0.1) is 0 Å². The number of nitrogens with one attached hydrogen (secondary N) is 1. The van der Waals surface area contributed by atoms with Crippen LogP contribution < -0.4 is 10.2 Å². The first-order chi connectivity index (χ1) is 10.0. The van der Waals surface area contributed by atoms with E-state index in [2.05, 4.69) is 47.2 Å². The van der Waals surface area contributed by atoms with E-state index in [1.54, 1.807) is 0 Å². The van der Waals surface area contributed by atoms with Crippen LogP contribution in [0.5, 0.6) is 0 Å². The van der Waals surface area contributed by atoms with E-state index in [0.29, 0.717) is 12.0 Å². The third-order valence-electron chi connectivity index (χ3n) is 4.55. The van der Waals surface area contributed by atoms with Crippen LogP contribution in [0.2, 0.25) is 5.02 Å². The molecule has 21 heavy (non-hydrogen) atoms. The molecule has 0 amide bonds. The zero-order valence-electron chi connectivity index (χ0n) is 13.7. The van der Waals surface area contributed by atoms with E-state index in [1.165, 1.54) is 12.0 Å². The van der Waals surface area contributed by atoms with Gasteiger partial charge < -0.3 is 10.2 Å². The van der Waals surface area contributed by atoms with Crippen LogP contribution in [0.1, 0.15) is 31.9 Å². The van der Waals surface area contributed by atoms with Crippen LogP contribution in [-0.2, 0) is 0 Å². The average molecular weight is 310 g/mol. The van der Waals surface area contributed by atoms with Crippen LogP contribution in [-0.4, -0.2) is 45.2 Å². The fourth-order valence-corrected chi connectivity index (χ4v) is 3.37. The standard InChI is InChI=1S/C17H28ClN3/c1-5-13(2)17(21-10-8-19-9-11-21)15-7-6-14(20(3)4)12-16(15)18/h6-7,12-13,17,19H,5,8-11H2,1-4H3/t13?,17-/m0/s1. The Bertz CT molecular complexity index is 455. The average Bonchev–Trinajstić information content (AvgIpc) is 2.49. The van der Waals surface area contributed by atoms with E-state index < -0.39 is 0 Å². The second-order valence-corrected chi connectivity index (χ2v) is 6.62. The van der Waals surface area contributed by atoms with Crippen molar-refractivity contribution >= 4 is 17.3 Å². The molecule has 1 aliphatic rings. The van der Waals surface area contributed by atoms with Crippen molar-refractivity contribution in [2.75, 3.05) is 45.2 Å². The molecule has 1 N–H and O–H groups in total. The molecule has 1 aliphatic heterocycles. The second kappa shape index (κ2) is 7.48. The molecule has 1 unspecified atom stereocenters. The molecule has 0 saturated carbocycles. The van der Waals surface area contributed by atoms with Crippen molar-refractivity contribution in [1.29, 1.82) is 0 Å². The van der Waals surface area contributed by atoms with Gasteiger partial charge in [-0.15, -0.1) is 0 Å². The third-order valence-corrected chi connectivity index (χ3v) is 4.87. The van der Waals surface area contributed by atoms with Gasteiger partial charge in [0.1, 0.15) is 0 Å². The number of nitrogens with zero attached hydrogens (tertiary/aromatic N) is 2. The quantitative estimate of drug-likeness (QED) is 0.899. The lowest BCUT2D eigenvalue weighted by atomic mass is 9.90. The Morgan fingerprint density at radius 2 is 1.95 bits per heavy atom. The first-order valence-corrected chi connectivity index (χ1v) is 8.34. The lowest BCUT2D eigenvalue weighted by Crippen LogP contribution is -2.46. The van der Waals surface area contributed by atoms with Gasteiger partial charge in [-0.05, 0) is 23.6 Å². The predicted octanol–water partition coefficient (Wildman–Crippen LogP) is 3.40. The third kappa shape index (κ3) is 3.91. The summed E-state index contributed by atoms with van der Waals surface area (Å²) in [4.78, 5) is 4.68. The molecule has 4 heteroatoms. The number of rotatable bonds is 5. The summed E-state index contributed by atoms with van der Waals surface area (Å²) < 4.78 is 0. The van der Waals surface area contributed by atoms with Gasteiger partial charge in [0, 0.05) is 57.0 Å². The monoisotopic (exact) mass is 309 g/mol. The summed E-state index contributed by atoms with van der Waals surface area (Å²) in [6.45, 7) is 8.94. The van der Waals surface area contributed by atoms with Crippen molar-refractivity contribution < 1.29 is 0 Å². The van der Waals surface area contributed by atoms with E-state index >= 15 is 0 Å². The molecule has 0 radical (unpaired) electrons. The fraction of sp³-hybridized carbons (Fsp3) is 0.647. The normalized spacial score (nSPS) is 19.3. The number of hydrogen-bond donors (Lipinski definition) is 1. The fourth-order valence-electron chi connectivity index (χ4n) is 3.08. The van der Waals surface area contributed by atoms with Gasteiger partial charge in [0.2, 0.25) is 0 Å². The van der Waals surface area contributed by atoms with E-state index in [0.717, 1.165) is 36.9 Å². The molecule has 3 nitrogen and oxygen atoms in total. The highest BCUT2D eigenvalue weighted by Gasteiger charge is 2.28. The van der Waals surface area contributed by atoms with Crippen molar-refractivity contribution in [3.8, 4) is 0 Å². The summed E-state index contributed by atoms with van der Waals surface area (Å²) in [5, 5.41) is 4.33. The molecule has 1 fully saturated rings. The SMILES string of the molecule is CCC(C)[C@@H](c1ccc(N(C)C)cc1Cl)N1CCNCC1. The molecule has 1 heterocycles. The molecule has 0 aliphatic carbocycles. The first kappa shape index (κ1) is 16.6. The van der Waals surface area contributed by atoms with E-state index in [-0.39, 0.29) is 0 Å². The topological polar surface area (TPSA) is 18.5 Å². The zero-order chi connectivity index (χ0) is 15.4. The van der Waals surface area contributed by atoms with Gasteiger partial charge in [0.25, 0.3) is 0 Å². The molecule has 0 spiro atoms. The van der Waals surface area contributed by atoms with Crippen LogP contribution in [0.15, 0.2) is 18.2 Å². The van der Waals surface area contributed by atoms with Crippen molar-refractivity contribution in [2.45, 2.75) is 26.3 Å². The molecule has 0 aromatic heterocycles. The minimum atomic E-state index is 0.417. The lowest BCUT2D eigenvalue weighted by Gasteiger charge is -2.39. The van der Waals surface area contributed by atoms with Gasteiger partial charge in [-0.3, -0.25) is 4.90 Å². The second-order valence-electron chi connectivity index (χ2n) is 6.22. The smallest absolute Gasteiger partial charge is 0.0474 e. The van der Waals surface area contributed by atoms with E-state index in [4.69, 9.17) is 11.6 Å². The molecule has 118 valence electrons. The number of benzene rings is 1. The Balaban J connectivity index is 2.31. The molecule has 0 bridgehead atoms. The van der Waals surface area contributed by atoms with Gasteiger partial charge in [-0.1, -0.05) is 37.9 Å². The summed E-state index contributed by atoms with van der Waals surface area (Å²) in [6.07, 6.45) is 1.17. The molecule has 2 rings (SSSR count). The number of anilines is 1. The van der Waals surface area contributed by atoms with Crippen LogP contribution in [0, 0.1) is 5.92 Å². The summed E-state index contributed by atoms with van der Waals surface area (Å²) in [5.41, 5.74) is 2.44. The van der Waals surface area contributed by atoms with Gasteiger partial charge >= 0.3 is 0 Å². The Morgan fingerprint density at radius 3 is 2.48 bits per heavy atom. The maximum atomic E-state index is 6.62. The van der Waals surface area contributed by atoms with Crippen molar-refractivity contribution in [2.24, 2.45) is 5.92 Å². The Labute approximate surface area is 134 Å².